The Morgan fingerprint density at radius 2 is 2.25 bits per heavy atom. The molecule has 0 amide bonds. The van der Waals surface area contributed by atoms with E-state index in [1.165, 1.54) is 0 Å². The lowest BCUT2D eigenvalue weighted by molar-refractivity contribution is 0.324. The van der Waals surface area contributed by atoms with Gasteiger partial charge in [0.15, 0.2) is 0 Å². The summed E-state index contributed by atoms with van der Waals surface area (Å²) in [5.74, 6) is 1.28. The molecule has 0 saturated carbocycles. The van der Waals surface area contributed by atoms with Gasteiger partial charge >= 0.3 is 0 Å². The first-order valence-electron chi connectivity index (χ1n) is 5.10. The minimum absolute atomic E-state index is 0.493. The summed E-state index contributed by atoms with van der Waals surface area (Å²) in [4.78, 5) is 4.33. The second-order valence-corrected chi connectivity index (χ2v) is 4.54. The van der Waals surface area contributed by atoms with Crippen LogP contribution >= 0.6 is 15.9 Å². The average Bonchev–Trinajstić information content (AvgIpc) is 2.30. The second kappa shape index (κ2) is 4.70. The van der Waals surface area contributed by atoms with Crippen LogP contribution in [0.1, 0.15) is 18.9 Å². The Hall–Kier alpha value is -1.29. The zero-order chi connectivity index (χ0) is 11.5. The largest absolute Gasteiger partial charge is 0.492 e. The first kappa shape index (κ1) is 11.2. The van der Waals surface area contributed by atoms with E-state index in [4.69, 9.17) is 10.5 Å². The van der Waals surface area contributed by atoms with Gasteiger partial charge in [-0.2, -0.15) is 0 Å². The molecule has 0 saturated heterocycles. The van der Waals surface area contributed by atoms with Crippen molar-refractivity contribution in [2.45, 2.75) is 13.3 Å². The van der Waals surface area contributed by atoms with Crippen molar-refractivity contribution >= 4 is 21.8 Å². The molecule has 0 aliphatic carbocycles. The van der Waals surface area contributed by atoms with Gasteiger partial charge in [-0.15, -0.1) is 0 Å². The normalized spacial score (nSPS) is 15.9. The predicted molar refractivity (Wildman–Crippen MR) is 68.7 cm³/mol. The minimum atomic E-state index is 0.493. The number of nitrogens with zero attached hydrogens (tertiary/aromatic N) is 1. The van der Waals surface area contributed by atoms with Crippen LogP contribution in [0.4, 0.5) is 0 Å². The molecule has 1 aromatic rings. The Balaban J connectivity index is 2.52. The van der Waals surface area contributed by atoms with Gasteiger partial charge < -0.3 is 10.5 Å². The van der Waals surface area contributed by atoms with E-state index in [0.717, 1.165) is 27.9 Å². The Morgan fingerprint density at radius 3 is 3.06 bits per heavy atom. The van der Waals surface area contributed by atoms with Crippen LogP contribution in [0.15, 0.2) is 39.4 Å². The maximum atomic E-state index is 5.95. The van der Waals surface area contributed by atoms with Gasteiger partial charge in [0.25, 0.3) is 0 Å². The number of hydrogen-bond donors (Lipinski definition) is 1. The maximum Gasteiger partial charge on any atom is 0.134 e. The van der Waals surface area contributed by atoms with E-state index in [0.29, 0.717) is 12.4 Å². The molecular weight excluding hydrogens is 268 g/mol. The fraction of sp³-hybridized carbons (Fsp3) is 0.250. The highest BCUT2D eigenvalue weighted by atomic mass is 79.9. The molecule has 0 radical (unpaired) electrons. The zero-order valence-electron chi connectivity index (χ0n) is 9.03. The number of aliphatic imine (C=N–C) groups is 1. The van der Waals surface area contributed by atoms with E-state index in [9.17, 15) is 0 Å². The van der Waals surface area contributed by atoms with Gasteiger partial charge in [-0.1, -0.05) is 22.0 Å². The molecule has 0 spiro atoms. The van der Waals surface area contributed by atoms with Crippen LogP contribution in [0.2, 0.25) is 0 Å². The first-order valence-corrected chi connectivity index (χ1v) is 5.90. The molecular formula is C12H13BrN2O. The Bertz CT molecular complexity index is 466. The molecule has 0 bridgehead atoms. The smallest absolute Gasteiger partial charge is 0.134 e. The van der Waals surface area contributed by atoms with Crippen LogP contribution in [0.3, 0.4) is 0 Å². The number of hydrogen-bond acceptors (Lipinski definition) is 3. The van der Waals surface area contributed by atoms with Gasteiger partial charge in [0.1, 0.15) is 11.6 Å². The molecule has 84 valence electrons. The zero-order valence-corrected chi connectivity index (χ0v) is 10.6. The lowest BCUT2D eigenvalue weighted by Gasteiger charge is -2.09. The summed E-state index contributed by atoms with van der Waals surface area (Å²) in [5, 5.41) is 0. The third-order valence-electron chi connectivity index (χ3n) is 2.33. The Morgan fingerprint density at radius 1 is 1.44 bits per heavy atom. The minimum Gasteiger partial charge on any atom is -0.492 e. The average molecular weight is 281 g/mol. The maximum absolute atomic E-state index is 5.95. The molecule has 2 rings (SSSR count). The lowest BCUT2D eigenvalue weighted by atomic mass is 10.2. The molecule has 16 heavy (non-hydrogen) atoms. The number of nitrogens with two attached hydrogens (primary N) is 1. The Labute approximate surface area is 103 Å². The van der Waals surface area contributed by atoms with Crippen molar-refractivity contribution < 1.29 is 4.74 Å². The van der Waals surface area contributed by atoms with Gasteiger partial charge in [-0.25, -0.2) is 4.99 Å². The second-order valence-electron chi connectivity index (χ2n) is 3.62. The number of rotatable bonds is 0. The molecule has 1 aliphatic rings. The number of fused-ring (bicyclic) bond motifs is 1. The summed E-state index contributed by atoms with van der Waals surface area (Å²) in [6, 6.07) is 5.76. The molecule has 1 aliphatic heterocycles. The number of benzene rings is 1. The highest BCUT2D eigenvalue weighted by Gasteiger charge is 2.10. The molecule has 1 heterocycles. The van der Waals surface area contributed by atoms with Crippen LogP contribution in [0.5, 0.6) is 5.75 Å². The summed E-state index contributed by atoms with van der Waals surface area (Å²) < 4.78 is 6.62. The van der Waals surface area contributed by atoms with Crippen molar-refractivity contribution in [3.8, 4) is 5.75 Å². The molecule has 1 aromatic carbocycles. The molecule has 3 nitrogen and oxygen atoms in total. The number of ether oxygens (including phenoxy) is 1. The van der Waals surface area contributed by atoms with Crippen LogP contribution in [-0.4, -0.2) is 12.4 Å². The standard InChI is InChI=1S/C12H13BrN2O/c1-8-3-2-6-16-11-5-4-9(13)7-10(11)12(14)15-8/h3-5,7H,2,6H2,1H3,(H2,14,15). The summed E-state index contributed by atoms with van der Waals surface area (Å²) in [6.07, 6.45) is 2.87. The summed E-state index contributed by atoms with van der Waals surface area (Å²) in [5.41, 5.74) is 7.71. The van der Waals surface area contributed by atoms with Gasteiger partial charge in [-0.3, -0.25) is 0 Å². The van der Waals surface area contributed by atoms with Crippen molar-refractivity contribution in [3.63, 3.8) is 0 Å². The predicted octanol–water partition coefficient (Wildman–Crippen LogP) is 2.84. The Kier molecular flexibility index (Phi) is 3.29. The van der Waals surface area contributed by atoms with Gasteiger partial charge in [0.05, 0.1) is 12.2 Å². The van der Waals surface area contributed by atoms with Crippen LogP contribution in [0, 0.1) is 0 Å². The quantitative estimate of drug-likeness (QED) is 0.794. The molecule has 0 atom stereocenters. The lowest BCUT2D eigenvalue weighted by Crippen LogP contribution is -2.14. The fourth-order valence-corrected chi connectivity index (χ4v) is 1.92. The third-order valence-corrected chi connectivity index (χ3v) is 2.82. The third kappa shape index (κ3) is 2.44. The van der Waals surface area contributed by atoms with Gasteiger partial charge in [0.2, 0.25) is 0 Å². The van der Waals surface area contributed by atoms with E-state index in [1.807, 2.05) is 31.2 Å². The van der Waals surface area contributed by atoms with Crippen molar-refractivity contribution in [1.29, 1.82) is 0 Å². The van der Waals surface area contributed by atoms with E-state index in [-0.39, 0.29) is 0 Å². The highest BCUT2D eigenvalue weighted by molar-refractivity contribution is 9.10. The van der Waals surface area contributed by atoms with Crippen molar-refractivity contribution in [2.75, 3.05) is 6.61 Å². The highest BCUT2D eigenvalue weighted by Crippen LogP contribution is 2.24. The van der Waals surface area contributed by atoms with E-state index in [2.05, 4.69) is 20.9 Å². The number of allylic oxidation sites excluding steroid dienone is 1. The van der Waals surface area contributed by atoms with Crippen LogP contribution in [0.25, 0.3) is 0 Å². The molecule has 2 N–H and O–H groups in total. The monoisotopic (exact) mass is 280 g/mol. The number of amidine groups is 1. The first-order chi connectivity index (χ1) is 7.66. The van der Waals surface area contributed by atoms with Gasteiger partial charge in [0, 0.05) is 16.6 Å². The summed E-state index contributed by atoms with van der Waals surface area (Å²) >= 11 is 3.42. The SMILES string of the molecule is CC1=CCCOc2ccc(Br)cc2C(N)=N1. The van der Waals surface area contributed by atoms with Crippen molar-refractivity contribution in [1.82, 2.24) is 0 Å². The van der Waals surface area contributed by atoms with E-state index in [1.54, 1.807) is 0 Å². The fourth-order valence-electron chi connectivity index (χ4n) is 1.56. The molecule has 0 aromatic heterocycles. The van der Waals surface area contributed by atoms with Crippen molar-refractivity contribution in [3.05, 3.63) is 40.0 Å². The number of halogens is 1. The molecule has 0 fully saturated rings. The molecule has 4 heteroatoms. The van der Waals surface area contributed by atoms with E-state index < -0.39 is 0 Å². The van der Waals surface area contributed by atoms with E-state index >= 15 is 0 Å². The topological polar surface area (TPSA) is 47.6 Å². The summed E-state index contributed by atoms with van der Waals surface area (Å²) in [7, 11) is 0. The van der Waals surface area contributed by atoms with Crippen molar-refractivity contribution in [2.24, 2.45) is 10.7 Å². The van der Waals surface area contributed by atoms with Crippen LogP contribution < -0.4 is 10.5 Å². The van der Waals surface area contributed by atoms with Gasteiger partial charge in [-0.05, 0) is 25.1 Å². The van der Waals surface area contributed by atoms with Crippen LogP contribution in [-0.2, 0) is 0 Å². The summed E-state index contributed by atoms with van der Waals surface area (Å²) in [6.45, 7) is 2.59. The molecule has 0 unspecified atom stereocenters.